The van der Waals surface area contributed by atoms with Crippen LogP contribution in [0.2, 0.25) is 10.0 Å². The third-order valence-electron chi connectivity index (χ3n) is 5.50. The molecule has 1 N–H and O–H groups in total. The number of nitrogens with one attached hydrogen (secondary N) is 1. The van der Waals surface area contributed by atoms with E-state index in [1.165, 1.54) is 5.56 Å². The summed E-state index contributed by atoms with van der Waals surface area (Å²) in [7, 11) is 0. The van der Waals surface area contributed by atoms with Crippen LogP contribution in [0.25, 0.3) is 5.69 Å². The zero-order valence-corrected chi connectivity index (χ0v) is 18.8. The van der Waals surface area contributed by atoms with Crippen LogP contribution in [0.15, 0.2) is 48.7 Å². The summed E-state index contributed by atoms with van der Waals surface area (Å²) in [6, 6.07) is 13.9. The van der Waals surface area contributed by atoms with Crippen molar-refractivity contribution in [3.63, 3.8) is 0 Å². The van der Waals surface area contributed by atoms with Gasteiger partial charge in [0.2, 0.25) is 0 Å². The quantitative estimate of drug-likeness (QED) is 0.516. The average Bonchev–Trinajstić information content (AvgIpc) is 3.20. The average molecular weight is 445 g/mol. The van der Waals surface area contributed by atoms with Gasteiger partial charge in [0.15, 0.2) is 5.11 Å². The maximum Gasteiger partial charge on any atom is 0.170 e. The van der Waals surface area contributed by atoms with Crippen molar-refractivity contribution in [3.05, 3.63) is 81.4 Å². The van der Waals surface area contributed by atoms with E-state index in [-0.39, 0.29) is 12.1 Å². The first-order valence-electron chi connectivity index (χ1n) is 9.55. The summed E-state index contributed by atoms with van der Waals surface area (Å²) < 4.78 is 2.16. The molecule has 1 aliphatic heterocycles. The second kappa shape index (κ2) is 7.98. The topological polar surface area (TPSA) is 33.1 Å². The maximum atomic E-state index is 6.54. The predicted octanol–water partition coefficient (Wildman–Crippen LogP) is 5.79. The Bertz CT molecular complexity index is 1060. The Labute approximate surface area is 186 Å². The lowest BCUT2D eigenvalue weighted by molar-refractivity contribution is 0.329. The molecule has 2 aromatic heterocycles. The maximum absolute atomic E-state index is 6.54. The van der Waals surface area contributed by atoms with Crippen molar-refractivity contribution in [3.8, 4) is 5.69 Å². The largest absolute Gasteiger partial charge is 0.352 e. The highest BCUT2D eigenvalue weighted by molar-refractivity contribution is 7.80. The van der Waals surface area contributed by atoms with Crippen molar-refractivity contribution in [2.45, 2.75) is 32.9 Å². The van der Waals surface area contributed by atoms with Gasteiger partial charge in [0.05, 0.1) is 33.5 Å². The smallest absolute Gasteiger partial charge is 0.170 e. The number of likely N-dealkylation sites (N-methyl/N-ethyl adjacent to an activating group) is 1. The summed E-state index contributed by atoms with van der Waals surface area (Å²) in [6.07, 6.45) is 1.82. The van der Waals surface area contributed by atoms with Gasteiger partial charge in [-0.3, -0.25) is 4.98 Å². The fourth-order valence-corrected chi connectivity index (χ4v) is 4.96. The van der Waals surface area contributed by atoms with Crippen molar-refractivity contribution < 1.29 is 0 Å². The van der Waals surface area contributed by atoms with E-state index in [0.717, 1.165) is 34.4 Å². The van der Waals surface area contributed by atoms with Crippen molar-refractivity contribution in [1.29, 1.82) is 0 Å². The van der Waals surface area contributed by atoms with E-state index in [1.807, 2.05) is 36.5 Å². The molecular weight excluding hydrogens is 423 g/mol. The SMILES string of the molecule is CCN1C(=S)NC(c2ccccn2)C1c1cc(C)n(-c2cccc(Cl)c2Cl)c1C. The normalized spacial score (nSPS) is 18.9. The summed E-state index contributed by atoms with van der Waals surface area (Å²) in [5.74, 6) is 0. The second-order valence-corrected chi connectivity index (χ2v) is 8.32. The molecular formula is C22H22Cl2N4S. The van der Waals surface area contributed by atoms with Gasteiger partial charge < -0.3 is 14.8 Å². The number of aromatic nitrogens is 2. The molecule has 0 radical (unpaired) electrons. The van der Waals surface area contributed by atoms with Gasteiger partial charge in [0, 0.05) is 24.1 Å². The van der Waals surface area contributed by atoms with Crippen LogP contribution >= 0.6 is 35.4 Å². The Morgan fingerprint density at radius 3 is 2.62 bits per heavy atom. The summed E-state index contributed by atoms with van der Waals surface area (Å²) in [5, 5.41) is 5.32. The zero-order chi connectivity index (χ0) is 20.7. The molecule has 0 amide bonds. The van der Waals surface area contributed by atoms with Gasteiger partial charge in [-0.25, -0.2) is 0 Å². The number of hydrogen-bond acceptors (Lipinski definition) is 2. The minimum Gasteiger partial charge on any atom is -0.352 e. The van der Waals surface area contributed by atoms with E-state index in [0.29, 0.717) is 10.0 Å². The summed E-state index contributed by atoms with van der Waals surface area (Å²) in [6.45, 7) is 7.13. The van der Waals surface area contributed by atoms with Crippen LogP contribution in [-0.2, 0) is 0 Å². The Hall–Kier alpha value is -2.08. The highest BCUT2D eigenvalue weighted by atomic mass is 35.5. The van der Waals surface area contributed by atoms with Gasteiger partial charge >= 0.3 is 0 Å². The number of hydrogen-bond donors (Lipinski definition) is 1. The van der Waals surface area contributed by atoms with Crippen LogP contribution in [0.5, 0.6) is 0 Å². The Morgan fingerprint density at radius 2 is 1.93 bits per heavy atom. The Morgan fingerprint density at radius 1 is 1.14 bits per heavy atom. The monoisotopic (exact) mass is 444 g/mol. The van der Waals surface area contributed by atoms with Crippen molar-refractivity contribution in [2.75, 3.05) is 6.54 Å². The molecule has 4 nitrogen and oxygen atoms in total. The molecule has 29 heavy (non-hydrogen) atoms. The van der Waals surface area contributed by atoms with Crippen LogP contribution in [0.4, 0.5) is 0 Å². The fraction of sp³-hybridized carbons (Fsp3) is 0.273. The molecule has 0 saturated carbocycles. The van der Waals surface area contributed by atoms with Crippen LogP contribution in [0.3, 0.4) is 0 Å². The van der Waals surface area contributed by atoms with E-state index >= 15 is 0 Å². The summed E-state index contributed by atoms with van der Waals surface area (Å²) in [4.78, 5) is 6.81. The molecule has 3 aromatic rings. The molecule has 1 aromatic carbocycles. The van der Waals surface area contributed by atoms with Crippen LogP contribution in [0, 0.1) is 13.8 Å². The van der Waals surface area contributed by atoms with Crippen LogP contribution in [0.1, 0.15) is 41.7 Å². The first-order valence-corrected chi connectivity index (χ1v) is 10.7. The highest BCUT2D eigenvalue weighted by Crippen LogP contribution is 2.42. The number of benzene rings is 1. The van der Waals surface area contributed by atoms with E-state index < -0.39 is 0 Å². The van der Waals surface area contributed by atoms with Gasteiger partial charge in [-0.15, -0.1) is 0 Å². The van der Waals surface area contributed by atoms with Gasteiger partial charge in [-0.05, 0) is 68.9 Å². The molecule has 0 aliphatic carbocycles. The van der Waals surface area contributed by atoms with Crippen molar-refractivity contribution >= 4 is 40.5 Å². The van der Waals surface area contributed by atoms with E-state index in [1.54, 1.807) is 6.07 Å². The first kappa shape index (κ1) is 20.2. The summed E-state index contributed by atoms with van der Waals surface area (Å²) >= 11 is 18.5. The molecule has 1 saturated heterocycles. The highest BCUT2D eigenvalue weighted by Gasteiger charge is 2.40. The number of halogens is 2. The van der Waals surface area contributed by atoms with Crippen molar-refractivity contribution in [2.24, 2.45) is 0 Å². The third-order valence-corrected chi connectivity index (χ3v) is 6.66. The standard InChI is InChI=1S/C22H22Cl2N4S/c1-4-27-21(20(26-22(27)29)17-9-5-6-11-25-17)15-12-13(2)28(14(15)3)18-10-7-8-16(23)19(18)24/h5-12,20-21H,4H2,1-3H3,(H,26,29). The van der Waals surface area contributed by atoms with Gasteiger partial charge in [0.1, 0.15) is 0 Å². The number of thiocarbonyl (C=S) groups is 1. The van der Waals surface area contributed by atoms with Crippen LogP contribution < -0.4 is 5.32 Å². The number of pyridine rings is 1. The molecule has 0 bridgehead atoms. The molecule has 150 valence electrons. The van der Waals surface area contributed by atoms with E-state index in [2.05, 4.69) is 46.6 Å². The predicted molar refractivity (Wildman–Crippen MR) is 123 cm³/mol. The number of rotatable bonds is 4. The molecule has 1 aliphatic rings. The first-order chi connectivity index (χ1) is 13.9. The zero-order valence-electron chi connectivity index (χ0n) is 16.5. The minimum absolute atomic E-state index is 0.0209. The van der Waals surface area contributed by atoms with Gasteiger partial charge in [-0.2, -0.15) is 0 Å². The Kier molecular flexibility index (Phi) is 5.56. The number of aryl methyl sites for hydroxylation is 1. The third kappa shape index (κ3) is 3.41. The number of nitrogens with zero attached hydrogens (tertiary/aromatic N) is 3. The molecule has 3 heterocycles. The molecule has 1 fully saturated rings. The van der Waals surface area contributed by atoms with Gasteiger partial charge in [0.25, 0.3) is 0 Å². The molecule has 7 heteroatoms. The minimum atomic E-state index is -0.0209. The van der Waals surface area contributed by atoms with E-state index in [9.17, 15) is 0 Å². The molecule has 0 spiro atoms. The molecule has 2 atom stereocenters. The van der Waals surface area contributed by atoms with Gasteiger partial charge in [-0.1, -0.05) is 35.3 Å². The Balaban J connectivity index is 1.86. The lowest BCUT2D eigenvalue weighted by atomic mass is 9.97. The lowest BCUT2D eigenvalue weighted by Gasteiger charge is -2.27. The lowest BCUT2D eigenvalue weighted by Crippen LogP contribution is -2.29. The molecule has 4 rings (SSSR count). The van der Waals surface area contributed by atoms with Crippen molar-refractivity contribution in [1.82, 2.24) is 19.8 Å². The second-order valence-electron chi connectivity index (χ2n) is 7.15. The van der Waals surface area contributed by atoms with E-state index in [4.69, 9.17) is 35.4 Å². The van der Waals surface area contributed by atoms with Crippen LogP contribution in [-0.4, -0.2) is 26.1 Å². The summed E-state index contributed by atoms with van der Waals surface area (Å²) in [5.41, 5.74) is 5.26. The fourth-order valence-electron chi connectivity index (χ4n) is 4.21. The molecule has 2 unspecified atom stereocenters.